The van der Waals surface area contributed by atoms with Gasteiger partial charge in [-0.15, -0.1) is 11.6 Å². The van der Waals surface area contributed by atoms with Crippen molar-refractivity contribution in [2.45, 2.75) is 52.3 Å². The minimum Gasteiger partial charge on any atom is -0.375 e. The Morgan fingerprint density at radius 3 is 2.54 bits per heavy atom. The molecule has 0 aliphatic rings. The van der Waals surface area contributed by atoms with E-state index in [0.717, 1.165) is 42.7 Å². The number of hydrogen-bond acceptors (Lipinski definition) is 2. The summed E-state index contributed by atoms with van der Waals surface area (Å²) in [4.78, 5) is 8.39. The third-order valence-corrected chi connectivity index (χ3v) is 4.00. The zero-order chi connectivity index (χ0) is 19.6. The van der Waals surface area contributed by atoms with E-state index in [2.05, 4.69) is 28.9 Å². The molecule has 0 aliphatic carbocycles. The Labute approximate surface area is 158 Å². The third kappa shape index (κ3) is 6.83. The minimum absolute atomic E-state index is 0.101. The molecular weight excluding hydrogens is 363 g/mol. The van der Waals surface area contributed by atoms with Gasteiger partial charge < -0.3 is 5.32 Å². The van der Waals surface area contributed by atoms with Crippen LogP contribution in [-0.4, -0.2) is 18.6 Å². The van der Waals surface area contributed by atoms with Gasteiger partial charge in [-0.25, -0.2) is 4.99 Å². The number of aliphatic imine (C=N–C) groups is 2. The maximum absolute atomic E-state index is 12.8. The fraction of sp³-hybridized carbons (Fsp3) is 0.474. The van der Waals surface area contributed by atoms with Crippen LogP contribution in [0, 0.1) is 0 Å². The number of halogens is 4. The zero-order valence-electron chi connectivity index (χ0n) is 15.2. The summed E-state index contributed by atoms with van der Waals surface area (Å²) in [6.45, 7) is 7.74. The lowest BCUT2D eigenvalue weighted by molar-refractivity contribution is -0.137. The van der Waals surface area contributed by atoms with E-state index >= 15 is 0 Å². The molecule has 0 bridgehead atoms. The van der Waals surface area contributed by atoms with Gasteiger partial charge in [0.15, 0.2) is 5.84 Å². The quantitative estimate of drug-likeness (QED) is 0.242. The van der Waals surface area contributed by atoms with Crippen LogP contribution in [0.4, 0.5) is 13.2 Å². The Hall–Kier alpha value is -1.82. The first-order valence-corrected chi connectivity index (χ1v) is 9.10. The van der Waals surface area contributed by atoms with Crippen molar-refractivity contribution in [1.29, 1.82) is 0 Å². The minimum atomic E-state index is -4.37. The molecule has 0 unspecified atom stereocenters. The standard InChI is InChI=1S/C19H25ClF3N3/c1-4-6-10-17(26-13-20)16(5-2)18(24-3)25-12-14-8-7-9-15(11-14)19(21,22)23/h7-9,11,26H,3-6,10,12-13H2,1-2H3/b17-16-,25-18?. The Morgan fingerprint density at radius 2 is 2.00 bits per heavy atom. The summed E-state index contributed by atoms with van der Waals surface area (Å²) in [6, 6.07) is 5.41. The van der Waals surface area contributed by atoms with Crippen LogP contribution >= 0.6 is 11.6 Å². The molecule has 0 spiro atoms. The predicted molar refractivity (Wildman–Crippen MR) is 103 cm³/mol. The highest BCUT2D eigenvalue weighted by atomic mass is 35.5. The van der Waals surface area contributed by atoms with Gasteiger partial charge in [0.05, 0.1) is 18.1 Å². The molecule has 0 atom stereocenters. The summed E-state index contributed by atoms with van der Waals surface area (Å²) in [5.41, 5.74) is 1.63. The molecule has 0 amide bonds. The summed E-state index contributed by atoms with van der Waals surface area (Å²) in [5, 5.41) is 3.14. The average molecular weight is 388 g/mol. The van der Waals surface area contributed by atoms with Crippen LogP contribution in [0.5, 0.6) is 0 Å². The predicted octanol–water partition coefficient (Wildman–Crippen LogP) is 5.94. The lowest BCUT2D eigenvalue weighted by atomic mass is 10.1. The van der Waals surface area contributed by atoms with Gasteiger partial charge >= 0.3 is 6.18 Å². The van der Waals surface area contributed by atoms with Gasteiger partial charge in [-0.3, -0.25) is 4.99 Å². The van der Waals surface area contributed by atoms with E-state index in [-0.39, 0.29) is 12.5 Å². The van der Waals surface area contributed by atoms with E-state index in [1.807, 2.05) is 6.92 Å². The van der Waals surface area contributed by atoms with Crippen molar-refractivity contribution in [2.75, 3.05) is 6.00 Å². The van der Waals surface area contributed by atoms with Gasteiger partial charge in [0.1, 0.15) is 0 Å². The van der Waals surface area contributed by atoms with Gasteiger partial charge in [-0.05, 0) is 43.7 Å². The summed E-state index contributed by atoms with van der Waals surface area (Å²) < 4.78 is 38.5. The number of unbranched alkanes of at least 4 members (excludes halogenated alkanes) is 1. The second kappa shape index (κ2) is 11.0. The molecule has 0 radical (unpaired) electrons. The number of benzene rings is 1. The van der Waals surface area contributed by atoms with E-state index in [4.69, 9.17) is 11.6 Å². The third-order valence-electron chi connectivity index (χ3n) is 3.86. The Balaban J connectivity index is 3.13. The second-order valence-corrected chi connectivity index (χ2v) is 5.99. The smallest absolute Gasteiger partial charge is 0.375 e. The average Bonchev–Trinajstić information content (AvgIpc) is 2.62. The highest BCUT2D eigenvalue weighted by Crippen LogP contribution is 2.29. The monoisotopic (exact) mass is 387 g/mol. The molecule has 3 nitrogen and oxygen atoms in total. The number of nitrogens with zero attached hydrogens (tertiary/aromatic N) is 2. The number of allylic oxidation sites excluding steroid dienone is 1. The van der Waals surface area contributed by atoms with Crippen molar-refractivity contribution < 1.29 is 13.2 Å². The molecule has 1 rings (SSSR count). The summed E-state index contributed by atoms with van der Waals surface area (Å²) in [6.07, 6.45) is -0.872. The molecule has 0 fully saturated rings. The topological polar surface area (TPSA) is 36.8 Å². The molecule has 0 aromatic heterocycles. The van der Waals surface area contributed by atoms with E-state index in [9.17, 15) is 13.2 Å². The number of hydrogen-bond donors (Lipinski definition) is 1. The van der Waals surface area contributed by atoms with Gasteiger partial charge in [0.25, 0.3) is 0 Å². The molecule has 1 N–H and O–H groups in total. The van der Waals surface area contributed by atoms with Crippen LogP contribution in [0.2, 0.25) is 0 Å². The van der Waals surface area contributed by atoms with Crippen LogP contribution in [0.3, 0.4) is 0 Å². The lowest BCUT2D eigenvalue weighted by Gasteiger charge is -2.15. The van der Waals surface area contributed by atoms with Crippen molar-refractivity contribution in [3.8, 4) is 0 Å². The molecule has 26 heavy (non-hydrogen) atoms. The van der Waals surface area contributed by atoms with Crippen LogP contribution in [0.1, 0.15) is 50.7 Å². The molecule has 0 aliphatic heterocycles. The number of alkyl halides is 4. The molecule has 144 valence electrons. The maximum atomic E-state index is 12.8. The van der Waals surface area contributed by atoms with Crippen molar-refractivity contribution in [3.63, 3.8) is 0 Å². The van der Waals surface area contributed by atoms with Crippen molar-refractivity contribution in [3.05, 3.63) is 46.7 Å². The van der Waals surface area contributed by atoms with Crippen molar-refractivity contribution in [1.82, 2.24) is 5.32 Å². The summed E-state index contributed by atoms with van der Waals surface area (Å²) in [7, 11) is 0. The normalized spacial score (nSPS) is 13.4. The summed E-state index contributed by atoms with van der Waals surface area (Å²) in [5.74, 6) is 0.439. The Bertz CT molecular complexity index is 652. The Morgan fingerprint density at radius 1 is 1.27 bits per heavy atom. The largest absolute Gasteiger partial charge is 0.416 e. The SMILES string of the molecule is C=NC(=NCc1cccc(C(F)(F)F)c1)/C(CC)=C(/CCCC)NCCl. The highest BCUT2D eigenvalue weighted by Gasteiger charge is 2.30. The van der Waals surface area contributed by atoms with Gasteiger partial charge in [0.2, 0.25) is 0 Å². The molecule has 0 saturated heterocycles. The van der Waals surface area contributed by atoms with Crippen LogP contribution < -0.4 is 5.32 Å². The first-order valence-electron chi connectivity index (χ1n) is 8.56. The van der Waals surface area contributed by atoms with Crippen LogP contribution in [-0.2, 0) is 12.7 Å². The summed E-state index contributed by atoms with van der Waals surface area (Å²) >= 11 is 5.82. The van der Waals surface area contributed by atoms with E-state index < -0.39 is 11.7 Å². The highest BCUT2D eigenvalue weighted by molar-refractivity contribution is 6.17. The molecule has 1 aromatic rings. The van der Waals surface area contributed by atoms with E-state index in [1.54, 1.807) is 6.07 Å². The van der Waals surface area contributed by atoms with Gasteiger partial charge in [-0.2, -0.15) is 13.2 Å². The molecular formula is C19H25ClF3N3. The fourth-order valence-electron chi connectivity index (χ4n) is 2.54. The second-order valence-electron chi connectivity index (χ2n) is 5.72. The zero-order valence-corrected chi connectivity index (χ0v) is 15.9. The molecule has 7 heteroatoms. The first kappa shape index (κ1) is 22.2. The van der Waals surface area contributed by atoms with Gasteiger partial charge in [-0.1, -0.05) is 32.4 Å². The Kier molecular flexibility index (Phi) is 9.41. The first-order chi connectivity index (χ1) is 12.4. The van der Waals surface area contributed by atoms with E-state index in [1.165, 1.54) is 6.07 Å². The number of amidine groups is 1. The van der Waals surface area contributed by atoms with Gasteiger partial charge in [0, 0.05) is 11.3 Å². The maximum Gasteiger partial charge on any atom is 0.416 e. The lowest BCUT2D eigenvalue weighted by Crippen LogP contribution is -2.17. The molecule has 0 heterocycles. The van der Waals surface area contributed by atoms with E-state index in [0.29, 0.717) is 17.8 Å². The van der Waals surface area contributed by atoms with Crippen LogP contribution in [0.15, 0.2) is 45.5 Å². The van der Waals surface area contributed by atoms with Crippen molar-refractivity contribution >= 4 is 24.2 Å². The van der Waals surface area contributed by atoms with Crippen LogP contribution in [0.25, 0.3) is 0 Å². The molecule has 0 saturated carbocycles. The van der Waals surface area contributed by atoms with Crippen molar-refractivity contribution in [2.24, 2.45) is 9.98 Å². The molecule has 1 aromatic carbocycles. The number of rotatable bonds is 9. The number of nitrogens with one attached hydrogen (secondary N) is 1. The fourth-order valence-corrected chi connectivity index (χ4v) is 2.70.